The Bertz CT molecular complexity index is 422. The number of amides is 2. The summed E-state index contributed by atoms with van der Waals surface area (Å²) < 4.78 is 5.47. The zero-order chi connectivity index (χ0) is 14.8. The molecule has 0 spiro atoms. The first kappa shape index (κ1) is 15.8. The van der Waals surface area contributed by atoms with Crippen LogP contribution in [0.15, 0.2) is 30.3 Å². The first-order valence-corrected chi connectivity index (χ1v) is 6.52. The van der Waals surface area contributed by atoms with E-state index in [9.17, 15) is 9.59 Å². The topological polar surface area (TPSA) is 87.7 Å². The first-order chi connectivity index (χ1) is 9.58. The predicted octanol–water partition coefficient (Wildman–Crippen LogP) is 1.62. The number of hydrogen-bond donors (Lipinski definition) is 3. The third-order valence-electron chi connectivity index (χ3n) is 2.48. The zero-order valence-corrected chi connectivity index (χ0v) is 11.5. The minimum absolute atomic E-state index is 0.0927. The molecule has 1 aromatic carbocycles. The molecule has 0 aliphatic carbocycles. The lowest BCUT2D eigenvalue weighted by Crippen LogP contribution is -2.42. The van der Waals surface area contributed by atoms with Gasteiger partial charge in [-0.25, -0.2) is 4.79 Å². The van der Waals surface area contributed by atoms with Gasteiger partial charge in [-0.1, -0.05) is 18.2 Å². The van der Waals surface area contributed by atoms with Gasteiger partial charge in [-0.15, -0.1) is 0 Å². The van der Waals surface area contributed by atoms with E-state index < -0.39 is 12.0 Å². The standard InChI is InChI=1S/C14H20N2O4/c1-11(10-13(17)18)16-14(19)15-8-5-9-20-12-6-3-2-4-7-12/h2-4,6-7,11H,5,8-10H2,1H3,(H,17,18)(H2,15,16,19). The minimum atomic E-state index is -0.936. The van der Waals surface area contributed by atoms with Crippen LogP contribution in [-0.4, -0.2) is 36.3 Å². The van der Waals surface area contributed by atoms with Crippen LogP contribution in [-0.2, 0) is 4.79 Å². The van der Waals surface area contributed by atoms with Gasteiger partial charge in [0.05, 0.1) is 13.0 Å². The number of carbonyl (C=O) groups is 2. The zero-order valence-electron chi connectivity index (χ0n) is 11.5. The highest BCUT2D eigenvalue weighted by atomic mass is 16.5. The number of para-hydroxylation sites is 1. The second-order valence-electron chi connectivity index (χ2n) is 4.41. The molecule has 0 fully saturated rings. The Morgan fingerprint density at radius 1 is 1.30 bits per heavy atom. The molecule has 0 saturated heterocycles. The predicted molar refractivity (Wildman–Crippen MR) is 74.8 cm³/mol. The molecule has 0 saturated carbocycles. The number of rotatable bonds is 8. The molecule has 1 atom stereocenters. The molecule has 0 aliphatic rings. The maximum absolute atomic E-state index is 11.4. The monoisotopic (exact) mass is 280 g/mol. The molecule has 20 heavy (non-hydrogen) atoms. The highest BCUT2D eigenvalue weighted by Gasteiger charge is 2.09. The summed E-state index contributed by atoms with van der Waals surface area (Å²) in [7, 11) is 0. The lowest BCUT2D eigenvalue weighted by molar-refractivity contribution is -0.137. The lowest BCUT2D eigenvalue weighted by atomic mass is 10.2. The van der Waals surface area contributed by atoms with Gasteiger partial charge >= 0.3 is 12.0 Å². The third-order valence-corrected chi connectivity index (χ3v) is 2.48. The van der Waals surface area contributed by atoms with E-state index in [1.807, 2.05) is 30.3 Å². The molecule has 0 aromatic heterocycles. The van der Waals surface area contributed by atoms with Gasteiger partial charge in [-0.05, 0) is 25.5 Å². The number of nitrogens with one attached hydrogen (secondary N) is 2. The molecule has 0 heterocycles. The van der Waals surface area contributed by atoms with Crippen LogP contribution < -0.4 is 15.4 Å². The second kappa shape index (κ2) is 8.79. The van der Waals surface area contributed by atoms with Crippen molar-refractivity contribution in [3.8, 4) is 5.75 Å². The van der Waals surface area contributed by atoms with Crippen LogP contribution in [0.3, 0.4) is 0 Å². The van der Waals surface area contributed by atoms with Crippen molar-refractivity contribution in [2.24, 2.45) is 0 Å². The number of carbonyl (C=O) groups excluding carboxylic acids is 1. The molecule has 1 rings (SSSR count). The van der Waals surface area contributed by atoms with E-state index in [1.165, 1.54) is 0 Å². The highest BCUT2D eigenvalue weighted by Crippen LogP contribution is 2.07. The number of hydrogen-bond acceptors (Lipinski definition) is 3. The summed E-state index contributed by atoms with van der Waals surface area (Å²) in [5.74, 6) is -0.138. The quantitative estimate of drug-likeness (QED) is 0.631. The Morgan fingerprint density at radius 3 is 2.65 bits per heavy atom. The minimum Gasteiger partial charge on any atom is -0.494 e. The van der Waals surface area contributed by atoms with Crippen molar-refractivity contribution in [1.82, 2.24) is 10.6 Å². The Labute approximate surface area is 118 Å². The van der Waals surface area contributed by atoms with Gasteiger partial charge in [0.15, 0.2) is 0 Å². The lowest BCUT2D eigenvalue weighted by Gasteiger charge is -2.12. The molecule has 0 radical (unpaired) electrons. The molecule has 0 bridgehead atoms. The van der Waals surface area contributed by atoms with Crippen LogP contribution in [0.5, 0.6) is 5.75 Å². The van der Waals surface area contributed by atoms with Crippen molar-refractivity contribution in [1.29, 1.82) is 0 Å². The van der Waals surface area contributed by atoms with Gasteiger partial charge in [-0.2, -0.15) is 0 Å². The summed E-state index contributed by atoms with van der Waals surface area (Å²) >= 11 is 0. The summed E-state index contributed by atoms with van der Waals surface area (Å²) in [6.07, 6.45) is 0.583. The summed E-state index contributed by atoms with van der Waals surface area (Å²) in [6.45, 7) is 2.62. The van der Waals surface area contributed by atoms with Gasteiger partial charge in [-0.3, -0.25) is 4.79 Å². The number of carboxylic acid groups (broad SMARTS) is 1. The van der Waals surface area contributed by atoms with E-state index in [2.05, 4.69) is 10.6 Å². The maximum Gasteiger partial charge on any atom is 0.315 e. The van der Waals surface area contributed by atoms with Crippen molar-refractivity contribution in [3.63, 3.8) is 0 Å². The second-order valence-corrected chi connectivity index (χ2v) is 4.41. The smallest absolute Gasteiger partial charge is 0.315 e. The summed E-state index contributed by atoms with van der Waals surface area (Å²) in [6, 6.07) is 8.68. The fourth-order valence-electron chi connectivity index (χ4n) is 1.57. The number of benzene rings is 1. The largest absolute Gasteiger partial charge is 0.494 e. The van der Waals surface area contributed by atoms with Crippen molar-refractivity contribution >= 4 is 12.0 Å². The average molecular weight is 280 g/mol. The summed E-state index contributed by atoms with van der Waals surface area (Å²) in [5, 5.41) is 13.8. The molecular weight excluding hydrogens is 260 g/mol. The van der Waals surface area contributed by atoms with Crippen LogP contribution in [0.25, 0.3) is 0 Å². The number of ether oxygens (including phenoxy) is 1. The van der Waals surface area contributed by atoms with Crippen LogP contribution in [0.4, 0.5) is 4.79 Å². The van der Waals surface area contributed by atoms with Crippen LogP contribution in [0.2, 0.25) is 0 Å². The van der Waals surface area contributed by atoms with Gasteiger partial charge in [0.2, 0.25) is 0 Å². The maximum atomic E-state index is 11.4. The molecule has 110 valence electrons. The summed E-state index contributed by atoms with van der Waals surface area (Å²) in [5.41, 5.74) is 0. The first-order valence-electron chi connectivity index (χ1n) is 6.52. The van der Waals surface area contributed by atoms with Crippen LogP contribution >= 0.6 is 0 Å². The molecule has 3 N–H and O–H groups in total. The Balaban J connectivity index is 2.06. The molecule has 2 amide bonds. The van der Waals surface area contributed by atoms with E-state index in [1.54, 1.807) is 6.92 Å². The number of urea groups is 1. The number of aliphatic carboxylic acids is 1. The summed E-state index contributed by atoms with van der Waals surface area (Å²) in [4.78, 5) is 21.8. The number of carboxylic acids is 1. The van der Waals surface area contributed by atoms with E-state index >= 15 is 0 Å². The van der Waals surface area contributed by atoms with Crippen LogP contribution in [0.1, 0.15) is 19.8 Å². The molecule has 1 aromatic rings. The highest BCUT2D eigenvalue weighted by molar-refractivity contribution is 5.75. The van der Waals surface area contributed by atoms with Gasteiger partial charge in [0.1, 0.15) is 5.75 Å². The molecule has 6 nitrogen and oxygen atoms in total. The third kappa shape index (κ3) is 7.25. The van der Waals surface area contributed by atoms with Gasteiger partial charge in [0, 0.05) is 12.6 Å². The average Bonchev–Trinajstić information content (AvgIpc) is 2.38. The fraction of sp³-hybridized carbons (Fsp3) is 0.429. The molecular formula is C14H20N2O4. The Morgan fingerprint density at radius 2 is 2.00 bits per heavy atom. The normalized spacial score (nSPS) is 11.4. The van der Waals surface area contributed by atoms with E-state index in [0.29, 0.717) is 19.6 Å². The van der Waals surface area contributed by atoms with Crippen molar-refractivity contribution in [3.05, 3.63) is 30.3 Å². The Hall–Kier alpha value is -2.24. The van der Waals surface area contributed by atoms with E-state index in [4.69, 9.17) is 9.84 Å². The van der Waals surface area contributed by atoms with E-state index in [0.717, 1.165) is 5.75 Å². The SMILES string of the molecule is CC(CC(=O)O)NC(=O)NCCCOc1ccccc1. The van der Waals surface area contributed by atoms with Gasteiger partial charge < -0.3 is 20.5 Å². The molecule has 0 aliphatic heterocycles. The van der Waals surface area contributed by atoms with Crippen molar-refractivity contribution < 1.29 is 19.4 Å². The van der Waals surface area contributed by atoms with Crippen molar-refractivity contribution in [2.45, 2.75) is 25.8 Å². The fourth-order valence-corrected chi connectivity index (χ4v) is 1.57. The van der Waals surface area contributed by atoms with Gasteiger partial charge in [0.25, 0.3) is 0 Å². The van der Waals surface area contributed by atoms with Crippen molar-refractivity contribution in [2.75, 3.05) is 13.2 Å². The molecule has 6 heteroatoms. The molecule has 1 unspecified atom stereocenters. The van der Waals surface area contributed by atoms with E-state index in [-0.39, 0.29) is 12.5 Å². The Kier molecular flexibility index (Phi) is 6.95. The van der Waals surface area contributed by atoms with Crippen LogP contribution in [0, 0.1) is 0 Å².